The second-order valence-electron chi connectivity index (χ2n) is 4.07. The molecule has 90 valence electrons. The van der Waals surface area contributed by atoms with Crippen LogP contribution in [0.3, 0.4) is 0 Å². The molecule has 1 unspecified atom stereocenters. The van der Waals surface area contributed by atoms with Crippen LogP contribution in [0.15, 0.2) is 36.0 Å². The molecule has 0 radical (unpaired) electrons. The highest BCUT2D eigenvalue weighted by Crippen LogP contribution is 2.22. The molecule has 17 heavy (non-hydrogen) atoms. The molecule has 0 bridgehead atoms. The van der Waals surface area contributed by atoms with Crippen LogP contribution in [0.1, 0.15) is 28.5 Å². The maximum atomic E-state index is 5.65. The van der Waals surface area contributed by atoms with Crippen molar-refractivity contribution in [2.75, 3.05) is 0 Å². The second kappa shape index (κ2) is 5.91. The van der Waals surface area contributed by atoms with Crippen LogP contribution in [-0.4, -0.2) is 4.98 Å². The number of nitrogens with two attached hydrogens (primary N) is 1. The fourth-order valence-corrected chi connectivity index (χ4v) is 2.67. The number of hydrogen-bond donors (Lipinski definition) is 2. The molecule has 0 saturated heterocycles. The van der Waals surface area contributed by atoms with Gasteiger partial charge in [-0.2, -0.15) is 0 Å². The Morgan fingerprint density at radius 2 is 2.35 bits per heavy atom. The summed E-state index contributed by atoms with van der Waals surface area (Å²) >= 11 is 1.79. The zero-order valence-corrected chi connectivity index (χ0v) is 10.7. The van der Waals surface area contributed by atoms with E-state index in [2.05, 4.69) is 34.8 Å². The lowest BCUT2D eigenvalue weighted by Crippen LogP contribution is -2.29. The lowest BCUT2D eigenvalue weighted by molar-refractivity contribution is 0.515. The van der Waals surface area contributed by atoms with Gasteiger partial charge in [0.25, 0.3) is 0 Å². The van der Waals surface area contributed by atoms with E-state index in [4.69, 9.17) is 5.84 Å². The van der Waals surface area contributed by atoms with Gasteiger partial charge < -0.3 is 0 Å². The lowest BCUT2D eigenvalue weighted by Gasteiger charge is -2.17. The average Bonchev–Trinajstić information content (AvgIpc) is 2.85. The summed E-state index contributed by atoms with van der Waals surface area (Å²) in [4.78, 5) is 5.51. The van der Waals surface area contributed by atoms with Crippen LogP contribution < -0.4 is 11.3 Å². The Kier molecular flexibility index (Phi) is 4.25. The molecular formula is C13H17N3S. The predicted molar refractivity (Wildman–Crippen MR) is 71.7 cm³/mol. The first-order valence-electron chi connectivity index (χ1n) is 5.70. The van der Waals surface area contributed by atoms with Gasteiger partial charge in [0.05, 0.1) is 0 Å². The first kappa shape index (κ1) is 12.2. The zero-order valence-electron chi connectivity index (χ0n) is 9.89. The highest BCUT2D eigenvalue weighted by Gasteiger charge is 2.12. The normalized spacial score (nSPS) is 12.6. The van der Waals surface area contributed by atoms with Crippen LogP contribution in [0, 0.1) is 6.92 Å². The van der Waals surface area contributed by atoms with Gasteiger partial charge in [0.15, 0.2) is 0 Å². The number of nitrogens with zero attached hydrogens (tertiary/aromatic N) is 1. The van der Waals surface area contributed by atoms with Crippen molar-refractivity contribution in [1.82, 2.24) is 10.4 Å². The molecule has 0 aromatic carbocycles. The van der Waals surface area contributed by atoms with Crippen molar-refractivity contribution in [1.29, 1.82) is 0 Å². The molecule has 2 rings (SSSR count). The van der Waals surface area contributed by atoms with Crippen LogP contribution in [0.5, 0.6) is 0 Å². The summed E-state index contributed by atoms with van der Waals surface area (Å²) in [6.07, 6.45) is 5.75. The molecule has 0 aliphatic heterocycles. The summed E-state index contributed by atoms with van der Waals surface area (Å²) in [6.45, 7) is 2.07. The van der Waals surface area contributed by atoms with Crippen molar-refractivity contribution in [2.24, 2.45) is 5.84 Å². The van der Waals surface area contributed by atoms with Gasteiger partial charge in [-0.15, -0.1) is 11.3 Å². The predicted octanol–water partition coefficient (Wildman–Crippen LogP) is 2.59. The first-order valence-corrected chi connectivity index (χ1v) is 6.58. The largest absolute Gasteiger partial charge is 0.271 e. The Bertz CT molecular complexity index is 453. The van der Waals surface area contributed by atoms with E-state index in [1.165, 1.54) is 16.0 Å². The molecule has 0 amide bonds. The van der Waals surface area contributed by atoms with Crippen molar-refractivity contribution in [3.05, 3.63) is 52.0 Å². The van der Waals surface area contributed by atoms with Crippen LogP contribution in [-0.2, 0) is 6.42 Å². The second-order valence-corrected chi connectivity index (χ2v) is 5.10. The van der Waals surface area contributed by atoms with Gasteiger partial charge in [-0.1, -0.05) is 6.07 Å². The van der Waals surface area contributed by atoms with Gasteiger partial charge in [-0.3, -0.25) is 16.3 Å². The molecule has 4 heteroatoms. The fraction of sp³-hybridized carbons (Fsp3) is 0.308. The number of hydrogen-bond acceptors (Lipinski definition) is 4. The zero-order chi connectivity index (χ0) is 12.1. The number of thiophene rings is 1. The van der Waals surface area contributed by atoms with E-state index in [1.807, 2.05) is 18.5 Å². The van der Waals surface area contributed by atoms with Crippen molar-refractivity contribution >= 4 is 11.3 Å². The maximum Gasteiger partial charge on any atom is 0.0467 e. The third kappa shape index (κ3) is 3.12. The highest BCUT2D eigenvalue weighted by atomic mass is 32.1. The Hall–Kier alpha value is -1.23. The van der Waals surface area contributed by atoms with Gasteiger partial charge in [0.1, 0.15) is 0 Å². The van der Waals surface area contributed by atoms with Crippen LogP contribution >= 0.6 is 11.3 Å². The number of hydrazine groups is 1. The van der Waals surface area contributed by atoms with E-state index in [0.717, 1.165) is 12.8 Å². The monoisotopic (exact) mass is 247 g/mol. The van der Waals surface area contributed by atoms with Gasteiger partial charge >= 0.3 is 0 Å². The van der Waals surface area contributed by atoms with Crippen LogP contribution in [0.2, 0.25) is 0 Å². The van der Waals surface area contributed by atoms with Crippen molar-refractivity contribution in [2.45, 2.75) is 25.8 Å². The van der Waals surface area contributed by atoms with E-state index < -0.39 is 0 Å². The first-order chi connectivity index (χ1) is 8.31. The summed E-state index contributed by atoms with van der Waals surface area (Å²) < 4.78 is 0. The molecule has 0 spiro atoms. The highest BCUT2D eigenvalue weighted by molar-refractivity contribution is 7.09. The van der Waals surface area contributed by atoms with E-state index in [9.17, 15) is 0 Å². The van der Waals surface area contributed by atoms with Gasteiger partial charge in [0.2, 0.25) is 0 Å². The topological polar surface area (TPSA) is 50.9 Å². The molecule has 2 aromatic rings. The molecule has 0 saturated carbocycles. The molecule has 3 nitrogen and oxygen atoms in total. The van der Waals surface area contributed by atoms with Crippen molar-refractivity contribution in [3.8, 4) is 0 Å². The van der Waals surface area contributed by atoms with E-state index in [0.29, 0.717) is 0 Å². The molecule has 0 aliphatic rings. The van der Waals surface area contributed by atoms with Crippen LogP contribution in [0.25, 0.3) is 0 Å². The Morgan fingerprint density at radius 3 is 3.00 bits per heavy atom. The van der Waals surface area contributed by atoms with E-state index >= 15 is 0 Å². The average molecular weight is 247 g/mol. The number of pyridine rings is 1. The molecule has 0 aliphatic carbocycles. The van der Waals surface area contributed by atoms with Gasteiger partial charge in [0, 0.05) is 23.3 Å². The minimum Gasteiger partial charge on any atom is -0.271 e. The lowest BCUT2D eigenvalue weighted by atomic mass is 9.99. The number of nitrogens with one attached hydrogen (secondary N) is 1. The Balaban J connectivity index is 2.04. The minimum atomic E-state index is 0.195. The Labute approximate surface area is 106 Å². The molecule has 2 aromatic heterocycles. The van der Waals surface area contributed by atoms with Crippen molar-refractivity contribution in [3.63, 3.8) is 0 Å². The molecule has 3 N–H and O–H groups in total. The molecule has 0 fully saturated rings. The summed E-state index contributed by atoms with van der Waals surface area (Å²) in [5, 5.41) is 2.11. The standard InChI is InChI=1S/C13H17N3S/c1-10-9-15-7-6-12(10)13(16-14)5-4-11-3-2-8-17-11/h2-3,6-9,13,16H,4-5,14H2,1H3. The molecular weight excluding hydrogens is 230 g/mol. The van der Waals surface area contributed by atoms with Gasteiger partial charge in [-0.05, 0) is 48.4 Å². The van der Waals surface area contributed by atoms with Gasteiger partial charge in [-0.25, -0.2) is 0 Å². The minimum absolute atomic E-state index is 0.195. The summed E-state index contributed by atoms with van der Waals surface area (Å²) in [5.74, 6) is 5.65. The van der Waals surface area contributed by atoms with E-state index in [-0.39, 0.29) is 6.04 Å². The fourth-order valence-electron chi connectivity index (χ4n) is 1.95. The third-order valence-corrected chi connectivity index (χ3v) is 3.84. The SMILES string of the molecule is Cc1cnccc1C(CCc1cccs1)NN. The smallest absolute Gasteiger partial charge is 0.0467 e. The van der Waals surface area contributed by atoms with Crippen molar-refractivity contribution < 1.29 is 0 Å². The third-order valence-electron chi connectivity index (χ3n) is 2.90. The number of aryl methyl sites for hydroxylation is 2. The molecule has 2 heterocycles. The quantitative estimate of drug-likeness (QED) is 0.630. The Morgan fingerprint density at radius 1 is 1.47 bits per heavy atom. The summed E-state index contributed by atoms with van der Waals surface area (Å²) in [6, 6.07) is 6.48. The number of rotatable bonds is 5. The maximum absolute atomic E-state index is 5.65. The summed E-state index contributed by atoms with van der Waals surface area (Å²) in [7, 11) is 0. The summed E-state index contributed by atoms with van der Waals surface area (Å²) in [5.41, 5.74) is 5.32. The van der Waals surface area contributed by atoms with Crippen LogP contribution in [0.4, 0.5) is 0 Å². The van der Waals surface area contributed by atoms with E-state index in [1.54, 1.807) is 11.3 Å². The molecule has 1 atom stereocenters. The number of aromatic nitrogens is 1.